The van der Waals surface area contributed by atoms with Gasteiger partial charge in [0.2, 0.25) is 5.91 Å². The van der Waals surface area contributed by atoms with Crippen LogP contribution in [0, 0.1) is 13.8 Å². The molecule has 3 aromatic rings. The zero-order chi connectivity index (χ0) is 23.7. The van der Waals surface area contributed by atoms with Gasteiger partial charge in [0.15, 0.2) is 5.17 Å². The average Bonchev–Trinajstić information content (AvgIpc) is 3.57. The van der Waals surface area contributed by atoms with Gasteiger partial charge in [0.25, 0.3) is 5.91 Å². The zero-order valence-corrected chi connectivity index (χ0v) is 20.5. The van der Waals surface area contributed by atoms with Crippen molar-refractivity contribution in [1.82, 2.24) is 5.01 Å². The number of benzene rings is 2. The zero-order valence-electron chi connectivity index (χ0n) is 18.9. The van der Waals surface area contributed by atoms with Gasteiger partial charge in [-0.2, -0.15) is 10.1 Å². The minimum absolute atomic E-state index is 0.0412. The molecule has 0 aliphatic carbocycles. The fraction of sp³-hybridized carbons (Fsp3) is 0.231. The summed E-state index contributed by atoms with van der Waals surface area (Å²) in [6, 6.07) is 20.0. The third kappa shape index (κ3) is 4.69. The number of hydrogen-bond acceptors (Lipinski definition) is 6. The Bertz CT molecular complexity index is 1290. The number of amides is 2. The molecule has 2 amide bonds. The van der Waals surface area contributed by atoms with Crippen LogP contribution in [0.1, 0.15) is 40.5 Å². The summed E-state index contributed by atoms with van der Waals surface area (Å²) >= 11 is 2.97. The van der Waals surface area contributed by atoms with Gasteiger partial charge in [-0.3, -0.25) is 9.59 Å². The summed E-state index contributed by atoms with van der Waals surface area (Å²) in [6.07, 6.45) is 0.797. The fourth-order valence-corrected chi connectivity index (χ4v) is 5.80. The molecule has 0 spiro atoms. The highest BCUT2D eigenvalue weighted by Gasteiger charge is 2.39. The van der Waals surface area contributed by atoms with E-state index < -0.39 is 5.25 Å². The number of rotatable bonds is 5. The second-order valence-corrected chi connectivity index (χ2v) is 10.5. The molecule has 5 rings (SSSR count). The van der Waals surface area contributed by atoms with E-state index in [2.05, 4.69) is 28.5 Å². The highest BCUT2D eigenvalue weighted by atomic mass is 32.2. The Labute approximate surface area is 206 Å². The van der Waals surface area contributed by atoms with Gasteiger partial charge in [-0.05, 0) is 54.1 Å². The van der Waals surface area contributed by atoms with Crippen LogP contribution < -0.4 is 5.32 Å². The Balaban J connectivity index is 1.31. The van der Waals surface area contributed by atoms with E-state index in [-0.39, 0.29) is 24.3 Å². The molecule has 172 valence electrons. The number of nitrogens with zero attached hydrogens (tertiary/aromatic N) is 3. The van der Waals surface area contributed by atoms with Crippen LogP contribution in [0.25, 0.3) is 0 Å². The molecule has 0 radical (unpaired) electrons. The molecule has 0 saturated heterocycles. The molecule has 2 unspecified atom stereocenters. The first-order chi connectivity index (χ1) is 16.5. The number of carbonyl (C=O) groups excluding carboxylic acids is 2. The normalized spacial score (nSPS) is 19.8. The number of aryl methyl sites for hydroxylation is 2. The Morgan fingerprint density at radius 1 is 1.09 bits per heavy atom. The summed E-state index contributed by atoms with van der Waals surface area (Å²) in [4.78, 5) is 30.8. The number of anilines is 1. The summed E-state index contributed by atoms with van der Waals surface area (Å²) in [6.45, 7) is 4.03. The average molecular weight is 489 g/mol. The summed E-state index contributed by atoms with van der Waals surface area (Å²) in [5, 5.41) is 11.7. The van der Waals surface area contributed by atoms with Crippen LogP contribution in [0.5, 0.6) is 0 Å². The number of carbonyl (C=O) groups is 2. The maximum Gasteiger partial charge on any atom is 0.262 e. The lowest BCUT2D eigenvalue weighted by Crippen LogP contribution is -2.25. The third-order valence-corrected chi connectivity index (χ3v) is 8.05. The van der Waals surface area contributed by atoms with E-state index in [9.17, 15) is 9.59 Å². The Kier molecular flexibility index (Phi) is 6.34. The minimum atomic E-state index is -0.557. The molecule has 1 aromatic heterocycles. The lowest BCUT2D eigenvalue weighted by molar-refractivity contribution is -0.121. The smallest absolute Gasteiger partial charge is 0.262 e. The van der Waals surface area contributed by atoms with Gasteiger partial charge in [-0.25, -0.2) is 5.01 Å². The molecule has 0 bridgehead atoms. The molecule has 0 saturated carbocycles. The summed E-state index contributed by atoms with van der Waals surface area (Å²) in [5.41, 5.74) is 5.10. The molecule has 1 N–H and O–H groups in total. The highest BCUT2D eigenvalue weighted by Crippen LogP contribution is 2.39. The van der Waals surface area contributed by atoms with E-state index in [0.717, 1.165) is 33.8 Å². The lowest BCUT2D eigenvalue weighted by atomic mass is 10.0. The first-order valence-electron chi connectivity index (χ1n) is 11.1. The predicted molar refractivity (Wildman–Crippen MR) is 139 cm³/mol. The van der Waals surface area contributed by atoms with E-state index in [4.69, 9.17) is 5.10 Å². The molecule has 2 atom stereocenters. The Morgan fingerprint density at radius 3 is 2.65 bits per heavy atom. The molecule has 3 heterocycles. The second-order valence-electron chi connectivity index (χ2n) is 8.39. The van der Waals surface area contributed by atoms with E-state index >= 15 is 0 Å². The van der Waals surface area contributed by atoms with Gasteiger partial charge in [-0.15, -0.1) is 11.3 Å². The van der Waals surface area contributed by atoms with Crippen molar-refractivity contribution in [2.75, 3.05) is 5.32 Å². The highest BCUT2D eigenvalue weighted by molar-refractivity contribution is 8.15. The first-order valence-corrected chi connectivity index (χ1v) is 12.9. The molecule has 0 fully saturated rings. The van der Waals surface area contributed by atoms with E-state index in [0.29, 0.717) is 5.17 Å². The van der Waals surface area contributed by atoms with Gasteiger partial charge in [-0.1, -0.05) is 54.2 Å². The number of thioether (sulfide) groups is 1. The van der Waals surface area contributed by atoms with Crippen molar-refractivity contribution in [2.45, 2.75) is 38.0 Å². The molecule has 8 heteroatoms. The van der Waals surface area contributed by atoms with Crippen LogP contribution in [0.4, 0.5) is 5.69 Å². The monoisotopic (exact) mass is 488 g/mol. The maximum absolute atomic E-state index is 12.7. The molecule has 34 heavy (non-hydrogen) atoms. The van der Waals surface area contributed by atoms with Crippen LogP contribution in [-0.4, -0.2) is 33.0 Å². The van der Waals surface area contributed by atoms with Crippen LogP contribution in [0.3, 0.4) is 0 Å². The fourth-order valence-electron chi connectivity index (χ4n) is 4.02. The quantitative estimate of drug-likeness (QED) is 0.512. The Hall–Kier alpha value is -3.23. The number of thiophene rings is 1. The third-order valence-electron chi connectivity index (χ3n) is 5.99. The van der Waals surface area contributed by atoms with Crippen LogP contribution >= 0.6 is 23.1 Å². The van der Waals surface area contributed by atoms with E-state index in [1.54, 1.807) is 11.3 Å². The number of nitrogens with one attached hydrogen (secondary N) is 1. The largest absolute Gasteiger partial charge is 0.326 e. The van der Waals surface area contributed by atoms with Crippen LogP contribution in [-0.2, 0) is 9.59 Å². The van der Waals surface area contributed by atoms with E-state index in [1.165, 1.54) is 17.3 Å². The summed E-state index contributed by atoms with van der Waals surface area (Å²) in [7, 11) is 0. The number of aliphatic imine (C=N–C) groups is 1. The van der Waals surface area contributed by atoms with Crippen LogP contribution in [0.2, 0.25) is 0 Å². The van der Waals surface area contributed by atoms with Crippen molar-refractivity contribution in [3.8, 4) is 0 Å². The van der Waals surface area contributed by atoms with Gasteiger partial charge in [0, 0.05) is 18.5 Å². The molecule has 2 aliphatic rings. The standard InChI is InChI=1S/C26H24N4O2S2/c1-16-10-11-19(13-17(16)2)27-24(31)15-23-25(32)28-26(34-23)30-21(18-7-4-3-5-8-18)14-20(29-30)22-9-6-12-33-22/h3-13,21,23H,14-15H2,1-2H3,(H,27,31). The summed E-state index contributed by atoms with van der Waals surface area (Å²) in [5.74, 6) is -0.490. The van der Waals surface area contributed by atoms with Crippen molar-refractivity contribution >= 4 is 51.5 Å². The van der Waals surface area contributed by atoms with Gasteiger partial charge in [0.1, 0.15) is 5.25 Å². The van der Waals surface area contributed by atoms with Crippen LogP contribution in [0.15, 0.2) is 76.1 Å². The molecule has 2 aliphatic heterocycles. The lowest BCUT2D eigenvalue weighted by Gasteiger charge is -2.23. The molecular formula is C26H24N4O2S2. The van der Waals surface area contributed by atoms with Crippen molar-refractivity contribution in [1.29, 1.82) is 0 Å². The second kappa shape index (κ2) is 9.56. The topological polar surface area (TPSA) is 74.1 Å². The maximum atomic E-state index is 12.7. The molecular weight excluding hydrogens is 464 g/mol. The summed E-state index contributed by atoms with van der Waals surface area (Å²) < 4.78 is 0. The SMILES string of the molecule is Cc1ccc(NC(=O)CC2SC(N3N=C(c4cccs4)CC3c3ccccc3)=NC2=O)cc1C. The molecule has 2 aromatic carbocycles. The number of hydrogen-bond donors (Lipinski definition) is 1. The van der Waals surface area contributed by atoms with Gasteiger partial charge >= 0.3 is 0 Å². The number of amidine groups is 1. The first kappa shape index (κ1) is 22.6. The van der Waals surface area contributed by atoms with Gasteiger partial charge in [0.05, 0.1) is 16.6 Å². The number of hydrazone groups is 1. The van der Waals surface area contributed by atoms with Crippen molar-refractivity contribution in [2.24, 2.45) is 10.1 Å². The molecule has 6 nitrogen and oxygen atoms in total. The predicted octanol–water partition coefficient (Wildman–Crippen LogP) is 5.54. The Morgan fingerprint density at radius 2 is 1.91 bits per heavy atom. The van der Waals surface area contributed by atoms with Crippen molar-refractivity contribution < 1.29 is 9.59 Å². The minimum Gasteiger partial charge on any atom is -0.326 e. The van der Waals surface area contributed by atoms with Gasteiger partial charge < -0.3 is 5.32 Å². The van der Waals surface area contributed by atoms with Crippen molar-refractivity contribution in [3.05, 3.63) is 87.6 Å². The van der Waals surface area contributed by atoms with E-state index in [1.807, 2.05) is 66.7 Å². The van der Waals surface area contributed by atoms with Crippen molar-refractivity contribution in [3.63, 3.8) is 0 Å².